The minimum atomic E-state index is 0.780. The van der Waals surface area contributed by atoms with Crippen LogP contribution in [-0.4, -0.2) is 0 Å². The molecule has 0 fully saturated rings. The van der Waals surface area contributed by atoms with E-state index in [1.54, 1.807) is 6.08 Å². The summed E-state index contributed by atoms with van der Waals surface area (Å²) in [4.78, 5) is 0. The monoisotopic (exact) mass is 304 g/mol. The van der Waals surface area contributed by atoms with Crippen LogP contribution in [0.2, 0.25) is 0 Å². The van der Waals surface area contributed by atoms with Crippen molar-refractivity contribution in [1.82, 2.24) is 0 Å². The van der Waals surface area contributed by atoms with Crippen LogP contribution in [0, 0.1) is 12.3 Å². The molecule has 23 heavy (non-hydrogen) atoms. The van der Waals surface area contributed by atoms with Crippen LogP contribution in [-0.2, 0) is 0 Å². The van der Waals surface area contributed by atoms with Crippen molar-refractivity contribution in [2.75, 3.05) is 0 Å². The molecule has 0 N–H and O–H groups in total. The molecule has 0 unspecified atom stereocenters. The average Bonchev–Trinajstić information content (AvgIpc) is 2.53. The molecule has 0 spiro atoms. The minimum absolute atomic E-state index is 0.780. The molecule has 0 heteroatoms. The summed E-state index contributed by atoms with van der Waals surface area (Å²) in [5.74, 6) is 2.47. The number of allylic oxidation sites excluding steroid dienone is 6. The molecule has 120 valence electrons. The Bertz CT molecular complexity index is 613. The molecule has 0 aliphatic heterocycles. The molecule has 1 aromatic rings. The van der Waals surface area contributed by atoms with E-state index in [1.165, 1.54) is 17.5 Å². The molecule has 0 aliphatic carbocycles. The van der Waals surface area contributed by atoms with Gasteiger partial charge in [-0.15, -0.1) is 6.42 Å². The molecule has 0 aliphatic rings. The van der Waals surface area contributed by atoms with Crippen molar-refractivity contribution in [1.29, 1.82) is 0 Å². The van der Waals surface area contributed by atoms with E-state index in [-0.39, 0.29) is 0 Å². The summed E-state index contributed by atoms with van der Waals surface area (Å²) in [5.41, 5.74) is 5.33. The predicted molar refractivity (Wildman–Crippen MR) is 107 cm³/mol. The van der Waals surface area contributed by atoms with Crippen molar-refractivity contribution in [3.05, 3.63) is 84.5 Å². The summed E-state index contributed by atoms with van der Waals surface area (Å²) in [6.07, 6.45) is 15.3. The van der Waals surface area contributed by atoms with Crippen LogP contribution in [0.1, 0.15) is 44.7 Å². The Morgan fingerprint density at radius 1 is 1.17 bits per heavy atom. The summed E-state index contributed by atoms with van der Waals surface area (Å²) < 4.78 is 0. The van der Waals surface area contributed by atoms with Crippen molar-refractivity contribution in [2.24, 2.45) is 0 Å². The number of hydrogen-bond acceptors (Lipinski definition) is 0. The zero-order valence-corrected chi connectivity index (χ0v) is 14.7. The maximum Gasteiger partial charge on any atom is 0.0239 e. The van der Waals surface area contributed by atoms with Gasteiger partial charge in [0.2, 0.25) is 0 Å². The Balaban J connectivity index is 0.000000468. The highest BCUT2D eigenvalue weighted by Crippen LogP contribution is 2.13. The molecule has 0 saturated carbocycles. The summed E-state index contributed by atoms with van der Waals surface area (Å²) in [5, 5.41) is 0. The predicted octanol–water partition coefficient (Wildman–Crippen LogP) is 6.84. The van der Waals surface area contributed by atoms with Crippen molar-refractivity contribution >= 4 is 11.6 Å². The third kappa shape index (κ3) is 9.93. The van der Waals surface area contributed by atoms with Crippen LogP contribution < -0.4 is 0 Å². The lowest BCUT2D eigenvalue weighted by molar-refractivity contribution is 0.962. The molecular formula is C23H28. The first-order valence-corrected chi connectivity index (χ1v) is 7.83. The summed E-state index contributed by atoms with van der Waals surface area (Å²) >= 11 is 0. The van der Waals surface area contributed by atoms with E-state index >= 15 is 0 Å². The van der Waals surface area contributed by atoms with Gasteiger partial charge in [0, 0.05) is 5.57 Å². The van der Waals surface area contributed by atoms with Gasteiger partial charge in [-0.2, -0.15) is 0 Å². The van der Waals surface area contributed by atoms with Crippen molar-refractivity contribution in [3.63, 3.8) is 0 Å². The highest BCUT2D eigenvalue weighted by atomic mass is 14.0. The first-order valence-electron chi connectivity index (χ1n) is 7.83. The van der Waals surface area contributed by atoms with Gasteiger partial charge in [0.1, 0.15) is 0 Å². The summed E-state index contributed by atoms with van der Waals surface area (Å²) in [7, 11) is 0. The van der Waals surface area contributed by atoms with Gasteiger partial charge in [0.05, 0.1) is 0 Å². The Morgan fingerprint density at radius 3 is 2.13 bits per heavy atom. The van der Waals surface area contributed by atoms with E-state index in [1.807, 2.05) is 19.9 Å². The van der Waals surface area contributed by atoms with Gasteiger partial charge in [0.15, 0.2) is 0 Å². The number of rotatable bonds is 6. The number of hydrogen-bond donors (Lipinski definition) is 0. The third-order valence-electron chi connectivity index (χ3n) is 2.96. The second kappa shape index (κ2) is 12.1. The molecule has 0 bridgehead atoms. The average molecular weight is 304 g/mol. The van der Waals surface area contributed by atoms with Gasteiger partial charge in [-0.05, 0) is 37.5 Å². The third-order valence-corrected chi connectivity index (χ3v) is 2.96. The normalized spacial score (nSPS) is 10.4. The van der Waals surface area contributed by atoms with Gasteiger partial charge < -0.3 is 0 Å². The van der Waals surface area contributed by atoms with E-state index in [2.05, 4.69) is 69.0 Å². The fraction of sp³-hybridized carbons (Fsp3) is 0.217. The maximum atomic E-state index is 5.10. The van der Waals surface area contributed by atoms with E-state index in [0.717, 1.165) is 23.1 Å². The number of unbranched alkanes of at least 4 members (excludes halogenated alkanes) is 1. The number of terminal acetylenes is 1. The number of benzene rings is 1. The van der Waals surface area contributed by atoms with E-state index < -0.39 is 0 Å². The van der Waals surface area contributed by atoms with E-state index in [0.29, 0.717) is 0 Å². The maximum absolute atomic E-state index is 5.10. The molecule has 1 aromatic carbocycles. The smallest absolute Gasteiger partial charge is 0.0239 e. The second-order valence-corrected chi connectivity index (χ2v) is 5.39. The molecule has 0 saturated heterocycles. The molecule has 0 radical (unpaired) electrons. The zero-order valence-electron chi connectivity index (χ0n) is 14.7. The van der Waals surface area contributed by atoms with E-state index in [4.69, 9.17) is 6.42 Å². The molecule has 0 heterocycles. The van der Waals surface area contributed by atoms with Crippen LogP contribution in [0.5, 0.6) is 0 Å². The lowest BCUT2D eigenvalue weighted by atomic mass is 10.1. The lowest BCUT2D eigenvalue weighted by Gasteiger charge is -1.99. The quantitative estimate of drug-likeness (QED) is 0.398. The van der Waals surface area contributed by atoms with Crippen LogP contribution in [0.15, 0.2) is 73.4 Å². The van der Waals surface area contributed by atoms with Crippen molar-refractivity contribution in [2.45, 2.75) is 33.6 Å². The van der Waals surface area contributed by atoms with Gasteiger partial charge in [-0.25, -0.2) is 0 Å². The van der Waals surface area contributed by atoms with Gasteiger partial charge in [0.25, 0.3) is 0 Å². The zero-order chi connectivity index (χ0) is 17.7. The molecular weight excluding hydrogens is 276 g/mol. The van der Waals surface area contributed by atoms with Crippen molar-refractivity contribution in [3.8, 4) is 12.3 Å². The first-order chi connectivity index (χ1) is 10.9. The molecule has 0 atom stereocenters. The van der Waals surface area contributed by atoms with Crippen LogP contribution >= 0.6 is 0 Å². The second-order valence-electron chi connectivity index (χ2n) is 5.39. The van der Waals surface area contributed by atoms with Gasteiger partial charge in [-0.3, -0.25) is 0 Å². The Kier molecular flexibility index (Phi) is 10.7. The lowest BCUT2D eigenvalue weighted by Crippen LogP contribution is -1.78. The highest BCUT2D eigenvalue weighted by molar-refractivity contribution is 5.63. The van der Waals surface area contributed by atoms with Crippen LogP contribution in [0.3, 0.4) is 0 Å². The molecule has 1 rings (SSSR count). The van der Waals surface area contributed by atoms with E-state index in [9.17, 15) is 0 Å². The fourth-order valence-electron chi connectivity index (χ4n) is 1.69. The highest BCUT2D eigenvalue weighted by Gasteiger charge is 1.91. The topological polar surface area (TPSA) is 0 Å². The first kappa shape index (κ1) is 20.5. The fourth-order valence-corrected chi connectivity index (χ4v) is 1.69. The minimum Gasteiger partial charge on any atom is -0.115 e. The Morgan fingerprint density at radius 2 is 1.78 bits per heavy atom. The summed E-state index contributed by atoms with van der Waals surface area (Å²) in [6, 6.07) is 8.51. The van der Waals surface area contributed by atoms with Crippen molar-refractivity contribution < 1.29 is 0 Å². The standard InChI is InChI=1S/C14H18.C9H10/c1-4-5-6-7-13-8-10-14(11-9-13)12(2)3;1-5-9(6-2)7-8(3)4/h6-11H,2,4-5H2,1,3H3;1,6-7H,2-3H2,4H3/b7-6+;9-7-. The molecule has 0 amide bonds. The van der Waals surface area contributed by atoms with Crippen LogP contribution in [0.25, 0.3) is 11.6 Å². The Labute approximate surface area is 142 Å². The van der Waals surface area contributed by atoms with Crippen LogP contribution in [0.4, 0.5) is 0 Å². The van der Waals surface area contributed by atoms with Gasteiger partial charge in [-0.1, -0.05) is 92.6 Å². The molecule has 0 nitrogen and oxygen atoms in total. The SMILES string of the molecule is C#C/C(C=C)=C/C(=C)C.C=C(C)c1ccc(/C=C/CCC)cc1. The van der Waals surface area contributed by atoms with Gasteiger partial charge >= 0.3 is 0 Å². The largest absolute Gasteiger partial charge is 0.115 e. The molecule has 0 aromatic heterocycles. The Hall–Kier alpha value is -2.52. The summed E-state index contributed by atoms with van der Waals surface area (Å²) in [6.45, 7) is 17.2.